The SMILES string of the molecule is CNC(c1cnn2ccncc12)C1CCC1. The Morgan fingerprint density at radius 1 is 1.44 bits per heavy atom. The van der Waals surface area contributed by atoms with Crippen LogP contribution in [0, 0.1) is 5.92 Å². The topological polar surface area (TPSA) is 42.2 Å². The zero-order valence-corrected chi connectivity index (χ0v) is 9.43. The smallest absolute Gasteiger partial charge is 0.0892 e. The normalized spacial score (nSPS) is 18.6. The zero-order valence-electron chi connectivity index (χ0n) is 9.43. The lowest BCUT2D eigenvalue weighted by molar-refractivity contribution is 0.240. The molecule has 1 aliphatic carbocycles. The molecule has 4 heteroatoms. The van der Waals surface area contributed by atoms with Gasteiger partial charge < -0.3 is 5.32 Å². The standard InChI is InChI=1S/C12H16N4/c1-13-12(9-3-2-4-9)10-7-15-16-6-5-14-8-11(10)16/h5-9,12-13H,2-4H2,1H3. The average molecular weight is 216 g/mol. The maximum atomic E-state index is 4.36. The molecule has 2 heterocycles. The lowest BCUT2D eigenvalue weighted by Crippen LogP contribution is -2.29. The van der Waals surface area contributed by atoms with Crippen LogP contribution in [0.4, 0.5) is 0 Å². The van der Waals surface area contributed by atoms with Crippen LogP contribution in [0.25, 0.3) is 5.52 Å². The van der Waals surface area contributed by atoms with Gasteiger partial charge in [-0.2, -0.15) is 5.10 Å². The van der Waals surface area contributed by atoms with Crippen LogP contribution in [-0.2, 0) is 0 Å². The van der Waals surface area contributed by atoms with Crippen LogP contribution < -0.4 is 5.32 Å². The first-order valence-corrected chi connectivity index (χ1v) is 5.84. The molecule has 0 aliphatic heterocycles. The Kier molecular flexibility index (Phi) is 2.36. The fourth-order valence-electron chi connectivity index (χ4n) is 2.51. The van der Waals surface area contributed by atoms with E-state index in [1.54, 1.807) is 6.20 Å². The van der Waals surface area contributed by atoms with Gasteiger partial charge >= 0.3 is 0 Å². The highest BCUT2D eigenvalue weighted by Crippen LogP contribution is 2.38. The summed E-state index contributed by atoms with van der Waals surface area (Å²) in [6.45, 7) is 0. The summed E-state index contributed by atoms with van der Waals surface area (Å²) in [6, 6.07) is 0.426. The molecule has 4 nitrogen and oxygen atoms in total. The van der Waals surface area contributed by atoms with Crippen LogP contribution in [0.5, 0.6) is 0 Å². The van der Waals surface area contributed by atoms with E-state index in [-0.39, 0.29) is 0 Å². The molecule has 3 rings (SSSR count). The number of hydrogen-bond donors (Lipinski definition) is 1. The number of nitrogens with one attached hydrogen (secondary N) is 1. The van der Waals surface area contributed by atoms with E-state index in [1.165, 1.54) is 24.8 Å². The molecule has 1 unspecified atom stereocenters. The fraction of sp³-hybridized carbons (Fsp3) is 0.500. The van der Waals surface area contributed by atoms with E-state index in [0.717, 1.165) is 11.4 Å². The third-order valence-corrected chi connectivity index (χ3v) is 3.62. The second kappa shape index (κ2) is 3.87. The molecule has 1 fully saturated rings. The molecule has 16 heavy (non-hydrogen) atoms. The lowest BCUT2D eigenvalue weighted by atomic mass is 9.77. The highest BCUT2D eigenvalue weighted by molar-refractivity contribution is 5.53. The zero-order chi connectivity index (χ0) is 11.0. The van der Waals surface area contributed by atoms with Crippen molar-refractivity contribution in [1.82, 2.24) is 19.9 Å². The molecule has 0 bridgehead atoms. The third kappa shape index (κ3) is 1.41. The van der Waals surface area contributed by atoms with Crippen LogP contribution in [0.15, 0.2) is 24.8 Å². The lowest BCUT2D eigenvalue weighted by Gasteiger charge is -2.33. The minimum absolute atomic E-state index is 0.426. The highest BCUT2D eigenvalue weighted by Gasteiger charge is 2.29. The minimum atomic E-state index is 0.426. The van der Waals surface area contributed by atoms with Crippen molar-refractivity contribution in [3.8, 4) is 0 Å². The van der Waals surface area contributed by atoms with Gasteiger partial charge in [-0.15, -0.1) is 0 Å². The number of rotatable bonds is 3. The van der Waals surface area contributed by atoms with Gasteiger partial charge in [-0.25, -0.2) is 4.52 Å². The van der Waals surface area contributed by atoms with Crippen LogP contribution in [0.1, 0.15) is 30.9 Å². The largest absolute Gasteiger partial charge is 0.313 e. The van der Waals surface area contributed by atoms with Crippen molar-refractivity contribution < 1.29 is 0 Å². The van der Waals surface area contributed by atoms with Gasteiger partial charge in [0.2, 0.25) is 0 Å². The predicted octanol–water partition coefficient (Wildman–Crippen LogP) is 1.79. The van der Waals surface area contributed by atoms with E-state index < -0.39 is 0 Å². The van der Waals surface area contributed by atoms with Gasteiger partial charge in [-0.05, 0) is 25.8 Å². The molecule has 1 aliphatic rings. The van der Waals surface area contributed by atoms with E-state index in [4.69, 9.17) is 0 Å². The average Bonchev–Trinajstić information content (AvgIpc) is 2.67. The van der Waals surface area contributed by atoms with Gasteiger partial charge in [0.25, 0.3) is 0 Å². The summed E-state index contributed by atoms with van der Waals surface area (Å²) in [5.41, 5.74) is 2.40. The molecule has 2 aromatic rings. The van der Waals surface area contributed by atoms with Crippen LogP contribution in [0.3, 0.4) is 0 Å². The quantitative estimate of drug-likeness (QED) is 0.850. The molecule has 1 N–H and O–H groups in total. The maximum absolute atomic E-state index is 4.36. The summed E-state index contributed by atoms with van der Waals surface area (Å²) in [7, 11) is 2.03. The molecule has 0 radical (unpaired) electrons. The molecule has 1 saturated carbocycles. The van der Waals surface area contributed by atoms with Crippen molar-refractivity contribution in [3.05, 3.63) is 30.4 Å². The van der Waals surface area contributed by atoms with E-state index in [0.29, 0.717) is 6.04 Å². The first-order valence-electron chi connectivity index (χ1n) is 5.84. The Morgan fingerprint density at radius 3 is 3.00 bits per heavy atom. The number of fused-ring (bicyclic) bond motifs is 1. The second-order valence-electron chi connectivity index (χ2n) is 4.46. The molecule has 84 valence electrons. The number of nitrogens with zero attached hydrogens (tertiary/aromatic N) is 3. The monoisotopic (exact) mass is 216 g/mol. The Balaban J connectivity index is 2.02. The fourth-order valence-corrected chi connectivity index (χ4v) is 2.51. The van der Waals surface area contributed by atoms with E-state index in [9.17, 15) is 0 Å². The molecular formula is C12H16N4. The first-order chi connectivity index (χ1) is 7.90. The number of aromatic nitrogens is 3. The van der Waals surface area contributed by atoms with Crippen LogP contribution in [0.2, 0.25) is 0 Å². The summed E-state index contributed by atoms with van der Waals surface area (Å²) < 4.78 is 1.89. The Bertz CT molecular complexity index is 486. The van der Waals surface area contributed by atoms with Crippen molar-refractivity contribution in [1.29, 1.82) is 0 Å². The summed E-state index contributed by atoms with van der Waals surface area (Å²) in [5, 5.41) is 7.78. The van der Waals surface area contributed by atoms with Crippen molar-refractivity contribution in [2.24, 2.45) is 5.92 Å². The minimum Gasteiger partial charge on any atom is -0.313 e. The summed E-state index contributed by atoms with van der Waals surface area (Å²) in [5.74, 6) is 0.762. The van der Waals surface area contributed by atoms with Crippen molar-refractivity contribution in [2.75, 3.05) is 7.05 Å². The summed E-state index contributed by atoms with van der Waals surface area (Å²) in [4.78, 5) is 4.18. The predicted molar refractivity (Wildman–Crippen MR) is 62.1 cm³/mol. The van der Waals surface area contributed by atoms with E-state index >= 15 is 0 Å². The van der Waals surface area contributed by atoms with Crippen molar-refractivity contribution in [3.63, 3.8) is 0 Å². The Labute approximate surface area is 94.7 Å². The molecule has 2 aromatic heterocycles. The van der Waals surface area contributed by atoms with Gasteiger partial charge in [0.05, 0.1) is 17.9 Å². The number of hydrogen-bond acceptors (Lipinski definition) is 3. The van der Waals surface area contributed by atoms with Gasteiger partial charge in [0.1, 0.15) is 0 Å². The third-order valence-electron chi connectivity index (χ3n) is 3.62. The highest BCUT2D eigenvalue weighted by atomic mass is 15.2. The first kappa shape index (κ1) is 9.78. The van der Waals surface area contributed by atoms with E-state index in [2.05, 4.69) is 15.4 Å². The van der Waals surface area contributed by atoms with Gasteiger partial charge in [-0.3, -0.25) is 4.98 Å². The molecule has 0 spiro atoms. The van der Waals surface area contributed by atoms with Crippen LogP contribution >= 0.6 is 0 Å². The van der Waals surface area contributed by atoms with Crippen molar-refractivity contribution >= 4 is 5.52 Å². The Hall–Kier alpha value is -1.42. The van der Waals surface area contributed by atoms with Gasteiger partial charge in [-0.1, -0.05) is 6.42 Å². The second-order valence-corrected chi connectivity index (χ2v) is 4.46. The molecule has 0 saturated heterocycles. The molecular weight excluding hydrogens is 200 g/mol. The molecule has 1 atom stereocenters. The molecule has 0 amide bonds. The summed E-state index contributed by atoms with van der Waals surface area (Å²) in [6.07, 6.45) is 11.5. The van der Waals surface area contributed by atoms with Gasteiger partial charge in [0, 0.05) is 24.0 Å². The molecule has 0 aromatic carbocycles. The van der Waals surface area contributed by atoms with E-state index in [1.807, 2.05) is 30.2 Å². The summed E-state index contributed by atoms with van der Waals surface area (Å²) >= 11 is 0. The van der Waals surface area contributed by atoms with Crippen LogP contribution in [-0.4, -0.2) is 21.6 Å². The van der Waals surface area contributed by atoms with Gasteiger partial charge in [0.15, 0.2) is 0 Å². The Morgan fingerprint density at radius 2 is 2.31 bits per heavy atom. The van der Waals surface area contributed by atoms with Crippen molar-refractivity contribution in [2.45, 2.75) is 25.3 Å². The maximum Gasteiger partial charge on any atom is 0.0892 e.